The van der Waals surface area contributed by atoms with Gasteiger partial charge in [-0.3, -0.25) is 0 Å². The largest absolute Gasteiger partial charge is 0.321 e. The Bertz CT molecular complexity index is 230. The lowest BCUT2D eigenvalue weighted by Gasteiger charge is -2.27. The predicted octanol–water partition coefficient (Wildman–Crippen LogP) is 1.93. The fourth-order valence-electron chi connectivity index (χ4n) is 1.89. The fourth-order valence-corrected chi connectivity index (χ4v) is 1.89. The number of hydrogen-bond acceptors (Lipinski definition) is 2. The molecule has 1 aliphatic heterocycles. The molecule has 1 unspecified atom stereocenters. The second-order valence-corrected chi connectivity index (χ2v) is 4.19. The van der Waals surface area contributed by atoms with Gasteiger partial charge in [-0.1, -0.05) is 31.6 Å². The van der Waals surface area contributed by atoms with Crippen LogP contribution in [-0.4, -0.2) is 31.1 Å². The van der Waals surface area contributed by atoms with Crippen molar-refractivity contribution in [2.75, 3.05) is 20.1 Å². The van der Waals surface area contributed by atoms with Crippen LogP contribution in [0.5, 0.6) is 0 Å². The molecule has 0 bridgehead atoms. The normalized spacial score (nSPS) is 20.4. The Kier molecular flexibility index (Phi) is 4.36. The average Bonchev–Trinajstić information content (AvgIpc) is 2.17. The Morgan fingerprint density at radius 3 is 3.00 bits per heavy atom. The van der Waals surface area contributed by atoms with Crippen molar-refractivity contribution in [1.29, 1.82) is 0 Å². The summed E-state index contributed by atoms with van der Waals surface area (Å²) in [5, 5.41) is 0. The first-order chi connectivity index (χ1) is 6.65. The van der Waals surface area contributed by atoms with Crippen molar-refractivity contribution in [3.8, 4) is 0 Å². The van der Waals surface area contributed by atoms with Gasteiger partial charge in [0, 0.05) is 19.1 Å². The van der Waals surface area contributed by atoms with E-state index in [1.54, 1.807) is 0 Å². The number of nitrogens with zero attached hydrogens (tertiary/aromatic N) is 1. The van der Waals surface area contributed by atoms with Crippen LogP contribution in [0.25, 0.3) is 0 Å². The molecule has 1 aliphatic rings. The number of likely N-dealkylation sites (N-methyl/N-ethyl adjacent to an activating group) is 1. The van der Waals surface area contributed by atoms with Gasteiger partial charge in [0.05, 0.1) is 0 Å². The number of hydrogen-bond donors (Lipinski definition) is 1. The van der Waals surface area contributed by atoms with E-state index in [0.29, 0.717) is 0 Å². The monoisotopic (exact) mass is 194 g/mol. The molecule has 0 spiro atoms. The van der Waals surface area contributed by atoms with Crippen LogP contribution in [0.1, 0.15) is 26.2 Å². The van der Waals surface area contributed by atoms with Crippen LogP contribution in [0.2, 0.25) is 0 Å². The quantitative estimate of drug-likeness (QED) is 0.693. The van der Waals surface area contributed by atoms with Crippen LogP contribution in [-0.2, 0) is 0 Å². The van der Waals surface area contributed by atoms with Crippen molar-refractivity contribution in [3.63, 3.8) is 0 Å². The lowest BCUT2D eigenvalue weighted by Crippen LogP contribution is -2.35. The number of rotatable bonds is 4. The lowest BCUT2D eigenvalue weighted by molar-refractivity contribution is 0.348. The Morgan fingerprint density at radius 1 is 1.71 bits per heavy atom. The Morgan fingerprint density at radius 2 is 2.43 bits per heavy atom. The van der Waals surface area contributed by atoms with Crippen LogP contribution < -0.4 is 5.73 Å². The summed E-state index contributed by atoms with van der Waals surface area (Å²) >= 11 is 0. The van der Waals surface area contributed by atoms with Gasteiger partial charge in [-0.2, -0.15) is 0 Å². The molecular weight excluding hydrogens is 172 g/mol. The topological polar surface area (TPSA) is 29.3 Å². The highest BCUT2D eigenvalue weighted by Crippen LogP contribution is 2.17. The minimum Gasteiger partial charge on any atom is -0.321 e. The Balaban J connectivity index is 2.55. The molecular formula is C12H22N2. The van der Waals surface area contributed by atoms with Gasteiger partial charge < -0.3 is 10.6 Å². The van der Waals surface area contributed by atoms with Crippen molar-refractivity contribution < 1.29 is 0 Å². The molecule has 80 valence electrons. The SMILES string of the molecule is C=C(CCC)C(N)C1=CCCN(C)C1. The summed E-state index contributed by atoms with van der Waals surface area (Å²) in [7, 11) is 2.14. The first-order valence-corrected chi connectivity index (χ1v) is 5.46. The minimum absolute atomic E-state index is 0.0812. The fraction of sp³-hybridized carbons (Fsp3) is 0.667. The zero-order chi connectivity index (χ0) is 10.6. The highest BCUT2D eigenvalue weighted by Gasteiger charge is 2.16. The van der Waals surface area contributed by atoms with Gasteiger partial charge in [-0.05, 0) is 25.5 Å². The lowest BCUT2D eigenvalue weighted by atomic mass is 9.94. The van der Waals surface area contributed by atoms with Gasteiger partial charge in [0.1, 0.15) is 0 Å². The summed E-state index contributed by atoms with van der Waals surface area (Å²) in [5.41, 5.74) is 8.67. The summed E-state index contributed by atoms with van der Waals surface area (Å²) in [6.45, 7) is 8.38. The van der Waals surface area contributed by atoms with E-state index in [1.165, 1.54) is 11.1 Å². The van der Waals surface area contributed by atoms with E-state index in [4.69, 9.17) is 5.73 Å². The number of nitrogens with two attached hydrogens (primary N) is 1. The maximum absolute atomic E-state index is 6.15. The molecule has 0 radical (unpaired) electrons. The van der Waals surface area contributed by atoms with E-state index >= 15 is 0 Å². The second-order valence-electron chi connectivity index (χ2n) is 4.19. The molecule has 0 fully saturated rings. The first kappa shape index (κ1) is 11.5. The molecule has 0 aromatic rings. The summed E-state index contributed by atoms with van der Waals surface area (Å²) in [6.07, 6.45) is 5.59. The van der Waals surface area contributed by atoms with Gasteiger partial charge in [0.25, 0.3) is 0 Å². The highest BCUT2D eigenvalue weighted by atomic mass is 15.1. The molecule has 1 atom stereocenters. The highest BCUT2D eigenvalue weighted by molar-refractivity contribution is 5.25. The standard InChI is InChI=1S/C12H22N2/c1-4-6-10(2)12(13)11-7-5-8-14(3)9-11/h7,12H,2,4-6,8-9,13H2,1,3H3. The molecule has 0 aromatic heterocycles. The van der Waals surface area contributed by atoms with Gasteiger partial charge >= 0.3 is 0 Å². The van der Waals surface area contributed by atoms with Crippen molar-refractivity contribution in [2.45, 2.75) is 32.2 Å². The van der Waals surface area contributed by atoms with Crippen LogP contribution in [0.15, 0.2) is 23.8 Å². The maximum Gasteiger partial charge on any atom is 0.0480 e. The second kappa shape index (κ2) is 5.32. The van der Waals surface area contributed by atoms with Crippen LogP contribution in [0, 0.1) is 0 Å². The van der Waals surface area contributed by atoms with Crippen molar-refractivity contribution in [1.82, 2.24) is 4.90 Å². The predicted molar refractivity (Wildman–Crippen MR) is 62.2 cm³/mol. The Hall–Kier alpha value is -0.600. The van der Waals surface area contributed by atoms with E-state index in [-0.39, 0.29) is 6.04 Å². The summed E-state index contributed by atoms with van der Waals surface area (Å²) in [6, 6.07) is 0.0812. The molecule has 14 heavy (non-hydrogen) atoms. The molecule has 1 rings (SSSR count). The molecule has 0 saturated carbocycles. The zero-order valence-electron chi connectivity index (χ0n) is 9.42. The van der Waals surface area contributed by atoms with E-state index in [1.807, 2.05) is 0 Å². The maximum atomic E-state index is 6.15. The molecule has 2 N–H and O–H groups in total. The van der Waals surface area contributed by atoms with Gasteiger partial charge in [-0.15, -0.1) is 0 Å². The van der Waals surface area contributed by atoms with E-state index in [0.717, 1.165) is 32.4 Å². The van der Waals surface area contributed by atoms with Crippen LogP contribution >= 0.6 is 0 Å². The zero-order valence-corrected chi connectivity index (χ0v) is 9.42. The molecule has 0 amide bonds. The first-order valence-electron chi connectivity index (χ1n) is 5.46. The molecule has 2 nitrogen and oxygen atoms in total. The summed E-state index contributed by atoms with van der Waals surface area (Å²) in [5.74, 6) is 0. The van der Waals surface area contributed by atoms with Crippen molar-refractivity contribution >= 4 is 0 Å². The third kappa shape index (κ3) is 2.96. The third-order valence-corrected chi connectivity index (χ3v) is 2.78. The summed E-state index contributed by atoms with van der Waals surface area (Å²) in [4.78, 5) is 2.31. The summed E-state index contributed by atoms with van der Waals surface area (Å²) < 4.78 is 0. The molecule has 1 heterocycles. The van der Waals surface area contributed by atoms with Crippen LogP contribution in [0.3, 0.4) is 0 Å². The van der Waals surface area contributed by atoms with Crippen molar-refractivity contribution in [3.05, 3.63) is 23.8 Å². The minimum atomic E-state index is 0.0812. The molecule has 0 saturated heterocycles. The van der Waals surface area contributed by atoms with E-state index in [9.17, 15) is 0 Å². The van der Waals surface area contributed by atoms with Crippen LogP contribution in [0.4, 0.5) is 0 Å². The molecule has 0 aromatic carbocycles. The smallest absolute Gasteiger partial charge is 0.0480 e. The molecule has 0 aliphatic carbocycles. The third-order valence-electron chi connectivity index (χ3n) is 2.78. The van der Waals surface area contributed by atoms with Gasteiger partial charge in [0.2, 0.25) is 0 Å². The van der Waals surface area contributed by atoms with Crippen molar-refractivity contribution in [2.24, 2.45) is 5.73 Å². The molecule has 2 heteroatoms. The average molecular weight is 194 g/mol. The van der Waals surface area contributed by atoms with Gasteiger partial charge in [0.15, 0.2) is 0 Å². The van der Waals surface area contributed by atoms with Gasteiger partial charge in [-0.25, -0.2) is 0 Å². The van der Waals surface area contributed by atoms with E-state index in [2.05, 4.69) is 31.5 Å². The Labute approximate surface area is 87.5 Å². The van der Waals surface area contributed by atoms with E-state index < -0.39 is 0 Å².